The molecule has 5 nitrogen and oxygen atoms in total. The lowest BCUT2D eigenvalue weighted by atomic mass is 10.2. The molecule has 0 radical (unpaired) electrons. The fourth-order valence-electron chi connectivity index (χ4n) is 2.26. The van der Waals surface area contributed by atoms with Crippen molar-refractivity contribution in [2.45, 2.75) is 6.54 Å². The van der Waals surface area contributed by atoms with Gasteiger partial charge < -0.3 is 19.8 Å². The van der Waals surface area contributed by atoms with E-state index in [0.717, 1.165) is 16.6 Å². The number of nitrogens with one attached hydrogen (secondary N) is 2. The molecular formula is C16H15Cl2N3O2. The molecule has 0 saturated heterocycles. The largest absolute Gasteiger partial charge is 0.493 e. The lowest BCUT2D eigenvalue weighted by molar-refractivity contribution is 0.356. The minimum atomic E-state index is 0.532. The van der Waals surface area contributed by atoms with Gasteiger partial charge in [-0.15, -0.1) is 0 Å². The molecule has 3 rings (SSSR count). The molecule has 7 heteroatoms. The Labute approximate surface area is 143 Å². The first-order valence-corrected chi connectivity index (χ1v) is 7.66. The Morgan fingerprint density at radius 1 is 1.04 bits per heavy atom. The number of benzene rings is 2. The third kappa shape index (κ3) is 3.30. The number of methoxy groups -OCH3 is 2. The average molecular weight is 352 g/mol. The lowest BCUT2D eigenvalue weighted by Gasteiger charge is -2.06. The van der Waals surface area contributed by atoms with Crippen LogP contribution in [-0.2, 0) is 6.54 Å². The molecule has 0 bridgehead atoms. The van der Waals surface area contributed by atoms with Crippen molar-refractivity contribution in [1.82, 2.24) is 9.97 Å². The summed E-state index contributed by atoms with van der Waals surface area (Å²) in [6, 6.07) is 9.19. The minimum absolute atomic E-state index is 0.532. The van der Waals surface area contributed by atoms with Gasteiger partial charge in [0.1, 0.15) is 0 Å². The molecule has 3 aromatic rings. The van der Waals surface area contributed by atoms with Gasteiger partial charge in [0.15, 0.2) is 11.5 Å². The maximum Gasteiger partial charge on any atom is 0.201 e. The van der Waals surface area contributed by atoms with E-state index in [-0.39, 0.29) is 0 Å². The Balaban J connectivity index is 1.81. The van der Waals surface area contributed by atoms with Crippen molar-refractivity contribution in [3.63, 3.8) is 0 Å². The molecular weight excluding hydrogens is 337 g/mol. The summed E-state index contributed by atoms with van der Waals surface area (Å²) < 4.78 is 10.6. The Morgan fingerprint density at radius 2 is 1.78 bits per heavy atom. The van der Waals surface area contributed by atoms with Gasteiger partial charge in [-0.25, -0.2) is 4.98 Å². The highest BCUT2D eigenvalue weighted by Crippen LogP contribution is 2.31. The molecule has 0 saturated carbocycles. The van der Waals surface area contributed by atoms with Gasteiger partial charge in [-0.1, -0.05) is 29.3 Å². The SMILES string of the molecule is COc1cc2nc(NCc3ccc(Cl)c(Cl)c3)[nH]c2cc1OC. The number of aromatic nitrogens is 2. The Kier molecular flexibility index (Phi) is 4.50. The van der Waals surface area contributed by atoms with Crippen molar-refractivity contribution >= 4 is 40.2 Å². The lowest BCUT2D eigenvalue weighted by Crippen LogP contribution is -2.00. The summed E-state index contributed by atoms with van der Waals surface area (Å²) in [6.45, 7) is 0.574. The van der Waals surface area contributed by atoms with Crippen LogP contribution in [0.5, 0.6) is 11.5 Å². The number of ether oxygens (including phenoxy) is 2. The van der Waals surface area contributed by atoms with Gasteiger partial charge in [0.2, 0.25) is 5.95 Å². The molecule has 0 aliphatic heterocycles. The topological polar surface area (TPSA) is 59.2 Å². The number of hydrogen-bond donors (Lipinski definition) is 2. The van der Waals surface area contributed by atoms with Gasteiger partial charge in [-0.3, -0.25) is 0 Å². The molecule has 1 aromatic heterocycles. The third-order valence-corrected chi connectivity index (χ3v) is 4.17. The molecule has 0 atom stereocenters. The number of nitrogens with zero attached hydrogens (tertiary/aromatic N) is 1. The zero-order valence-corrected chi connectivity index (χ0v) is 14.1. The Bertz CT molecular complexity index is 808. The highest BCUT2D eigenvalue weighted by atomic mass is 35.5. The second kappa shape index (κ2) is 6.56. The molecule has 120 valence electrons. The first kappa shape index (κ1) is 15.8. The average Bonchev–Trinajstić information content (AvgIpc) is 2.96. The maximum absolute atomic E-state index is 6.02. The molecule has 0 fully saturated rings. The van der Waals surface area contributed by atoms with Crippen LogP contribution in [0.15, 0.2) is 30.3 Å². The Hall–Kier alpha value is -2.11. The molecule has 0 spiro atoms. The van der Waals surface area contributed by atoms with E-state index in [9.17, 15) is 0 Å². The molecule has 0 aliphatic carbocycles. The van der Waals surface area contributed by atoms with Crippen LogP contribution in [0.25, 0.3) is 11.0 Å². The molecule has 23 heavy (non-hydrogen) atoms. The van der Waals surface area contributed by atoms with Gasteiger partial charge in [0, 0.05) is 18.7 Å². The number of aromatic amines is 1. The van der Waals surface area contributed by atoms with E-state index in [1.54, 1.807) is 20.3 Å². The normalized spacial score (nSPS) is 10.8. The van der Waals surface area contributed by atoms with Crippen LogP contribution in [-0.4, -0.2) is 24.2 Å². The number of hydrogen-bond acceptors (Lipinski definition) is 4. The number of H-pyrrole nitrogens is 1. The van der Waals surface area contributed by atoms with Crippen LogP contribution in [0, 0.1) is 0 Å². The van der Waals surface area contributed by atoms with Gasteiger partial charge in [0.25, 0.3) is 0 Å². The van der Waals surface area contributed by atoms with Crippen LogP contribution in [0.4, 0.5) is 5.95 Å². The standard InChI is InChI=1S/C16H15Cl2N3O2/c1-22-14-6-12-13(7-15(14)23-2)21-16(20-12)19-8-9-3-4-10(17)11(18)5-9/h3-7H,8H2,1-2H3,(H2,19,20,21). The predicted molar refractivity (Wildman–Crippen MR) is 93.0 cm³/mol. The van der Waals surface area contributed by atoms with Crippen LogP contribution in [0.3, 0.4) is 0 Å². The van der Waals surface area contributed by atoms with E-state index in [1.807, 2.05) is 24.3 Å². The van der Waals surface area contributed by atoms with Crippen molar-refractivity contribution in [2.75, 3.05) is 19.5 Å². The summed E-state index contributed by atoms with van der Waals surface area (Å²) in [5.74, 6) is 1.95. The number of halogens is 2. The molecule has 0 amide bonds. The van der Waals surface area contributed by atoms with Crippen LogP contribution in [0.1, 0.15) is 5.56 Å². The van der Waals surface area contributed by atoms with Gasteiger partial charge in [-0.05, 0) is 17.7 Å². The summed E-state index contributed by atoms with van der Waals surface area (Å²) >= 11 is 11.9. The number of rotatable bonds is 5. The molecule has 0 aliphatic rings. The molecule has 1 heterocycles. The monoisotopic (exact) mass is 351 g/mol. The van der Waals surface area contributed by atoms with Crippen LogP contribution in [0.2, 0.25) is 10.0 Å². The highest BCUT2D eigenvalue weighted by Gasteiger charge is 2.10. The first-order chi connectivity index (χ1) is 11.1. The highest BCUT2D eigenvalue weighted by molar-refractivity contribution is 6.42. The van der Waals surface area contributed by atoms with E-state index in [2.05, 4.69) is 15.3 Å². The summed E-state index contributed by atoms with van der Waals surface area (Å²) in [7, 11) is 3.20. The fraction of sp³-hybridized carbons (Fsp3) is 0.188. The van der Waals surface area contributed by atoms with Gasteiger partial charge >= 0.3 is 0 Å². The number of anilines is 1. The van der Waals surface area contributed by atoms with E-state index in [0.29, 0.717) is 34.0 Å². The van der Waals surface area contributed by atoms with Crippen molar-refractivity contribution in [3.8, 4) is 11.5 Å². The van der Waals surface area contributed by atoms with Crippen LogP contribution >= 0.6 is 23.2 Å². The molecule has 2 aromatic carbocycles. The van der Waals surface area contributed by atoms with Crippen molar-refractivity contribution in [1.29, 1.82) is 0 Å². The first-order valence-electron chi connectivity index (χ1n) is 6.90. The van der Waals surface area contributed by atoms with Crippen LogP contribution < -0.4 is 14.8 Å². The second-order valence-corrected chi connectivity index (χ2v) is 5.73. The number of fused-ring (bicyclic) bond motifs is 1. The van der Waals surface area contributed by atoms with Gasteiger partial charge in [-0.2, -0.15) is 0 Å². The molecule has 0 unspecified atom stereocenters. The summed E-state index contributed by atoms with van der Waals surface area (Å²) in [5, 5.41) is 4.29. The van der Waals surface area contributed by atoms with E-state index in [1.165, 1.54) is 0 Å². The second-order valence-electron chi connectivity index (χ2n) is 4.91. The number of imidazole rings is 1. The van der Waals surface area contributed by atoms with Gasteiger partial charge in [0.05, 0.1) is 35.3 Å². The van der Waals surface area contributed by atoms with E-state index < -0.39 is 0 Å². The maximum atomic E-state index is 6.02. The quantitative estimate of drug-likeness (QED) is 0.710. The zero-order valence-electron chi connectivity index (χ0n) is 12.6. The predicted octanol–water partition coefficient (Wildman–Crippen LogP) is 4.50. The summed E-state index contributed by atoms with van der Waals surface area (Å²) in [4.78, 5) is 7.69. The summed E-state index contributed by atoms with van der Waals surface area (Å²) in [6.07, 6.45) is 0. The third-order valence-electron chi connectivity index (χ3n) is 3.43. The van der Waals surface area contributed by atoms with E-state index >= 15 is 0 Å². The Morgan fingerprint density at radius 3 is 2.48 bits per heavy atom. The van der Waals surface area contributed by atoms with E-state index in [4.69, 9.17) is 32.7 Å². The summed E-state index contributed by atoms with van der Waals surface area (Å²) in [5.41, 5.74) is 2.66. The van der Waals surface area contributed by atoms with Crippen molar-refractivity contribution in [3.05, 3.63) is 45.9 Å². The smallest absolute Gasteiger partial charge is 0.201 e. The van der Waals surface area contributed by atoms with Crippen molar-refractivity contribution in [2.24, 2.45) is 0 Å². The zero-order chi connectivity index (χ0) is 16.4. The van der Waals surface area contributed by atoms with Crippen molar-refractivity contribution < 1.29 is 9.47 Å². The molecule has 2 N–H and O–H groups in total. The minimum Gasteiger partial charge on any atom is -0.493 e. The fourth-order valence-corrected chi connectivity index (χ4v) is 2.58.